The summed E-state index contributed by atoms with van der Waals surface area (Å²) >= 11 is 0. The second-order valence-electron chi connectivity index (χ2n) is 13.5. The Balaban J connectivity index is 1.61. The summed E-state index contributed by atoms with van der Waals surface area (Å²) in [6, 6.07) is 16.1. The quantitative estimate of drug-likeness (QED) is 0.197. The molecule has 0 saturated carbocycles. The van der Waals surface area contributed by atoms with Crippen molar-refractivity contribution in [2.24, 2.45) is 5.41 Å². The lowest BCUT2D eigenvalue weighted by Crippen LogP contribution is -2.39. The van der Waals surface area contributed by atoms with Gasteiger partial charge in [0.2, 0.25) is 0 Å². The molecule has 4 aromatic rings. The number of pyridine rings is 1. The second kappa shape index (κ2) is 13.0. The molecule has 2 aromatic carbocycles. The van der Waals surface area contributed by atoms with E-state index in [9.17, 15) is 14.3 Å². The molecule has 0 amide bonds. The molecular weight excluding hydrogens is 571 g/mol. The van der Waals surface area contributed by atoms with Crippen LogP contribution in [0.25, 0.3) is 16.9 Å². The van der Waals surface area contributed by atoms with Crippen molar-refractivity contribution in [3.8, 4) is 22.7 Å². The highest BCUT2D eigenvalue weighted by Crippen LogP contribution is 2.46. The van der Waals surface area contributed by atoms with Crippen molar-refractivity contribution in [1.29, 1.82) is 0 Å². The fourth-order valence-corrected chi connectivity index (χ4v) is 5.73. The van der Waals surface area contributed by atoms with Gasteiger partial charge in [-0.25, -0.2) is 18.9 Å². The van der Waals surface area contributed by atoms with Crippen LogP contribution >= 0.6 is 0 Å². The molecule has 8 nitrogen and oxygen atoms in total. The molecule has 0 unspecified atom stereocenters. The van der Waals surface area contributed by atoms with Crippen LogP contribution in [0.5, 0.6) is 5.75 Å². The molecule has 0 bridgehead atoms. The highest BCUT2D eigenvalue weighted by Gasteiger charge is 2.37. The van der Waals surface area contributed by atoms with Crippen molar-refractivity contribution in [2.75, 3.05) is 24.6 Å². The van der Waals surface area contributed by atoms with Gasteiger partial charge in [0.15, 0.2) is 11.9 Å². The summed E-state index contributed by atoms with van der Waals surface area (Å²) in [5, 5.41) is 15.1. The van der Waals surface area contributed by atoms with Crippen LogP contribution in [0.15, 0.2) is 67.0 Å². The van der Waals surface area contributed by atoms with Gasteiger partial charge in [-0.15, -0.1) is 0 Å². The average molecular weight is 615 g/mol. The van der Waals surface area contributed by atoms with Gasteiger partial charge in [0.05, 0.1) is 23.5 Å². The minimum Gasteiger partial charge on any atom is -0.493 e. The van der Waals surface area contributed by atoms with Crippen molar-refractivity contribution in [2.45, 2.75) is 72.5 Å². The Morgan fingerprint density at radius 2 is 1.73 bits per heavy atom. The van der Waals surface area contributed by atoms with E-state index in [0.717, 1.165) is 48.3 Å². The van der Waals surface area contributed by atoms with E-state index in [-0.39, 0.29) is 11.2 Å². The number of piperidine rings is 1. The van der Waals surface area contributed by atoms with Gasteiger partial charge in [-0.1, -0.05) is 38.1 Å². The number of anilines is 1. The summed E-state index contributed by atoms with van der Waals surface area (Å²) in [6.45, 7) is 14.0. The molecule has 1 aliphatic rings. The number of aryl methyl sites for hydroxylation is 1. The predicted molar refractivity (Wildman–Crippen MR) is 174 cm³/mol. The lowest BCUT2D eigenvalue weighted by Gasteiger charge is -2.41. The number of hydrogen-bond donors (Lipinski definition) is 1. The number of nitrogens with zero attached hydrogens (tertiary/aromatic N) is 4. The Morgan fingerprint density at radius 1 is 1.07 bits per heavy atom. The first-order chi connectivity index (χ1) is 21.3. The minimum atomic E-state index is -1.22. The van der Waals surface area contributed by atoms with Gasteiger partial charge in [0.25, 0.3) is 0 Å². The maximum Gasteiger partial charge on any atom is 0.337 e. The molecule has 9 heteroatoms. The summed E-state index contributed by atoms with van der Waals surface area (Å²) in [4.78, 5) is 20.2. The van der Waals surface area contributed by atoms with Gasteiger partial charge in [0, 0.05) is 43.2 Å². The Kier molecular flexibility index (Phi) is 9.30. The highest BCUT2D eigenvalue weighted by atomic mass is 19.1. The van der Waals surface area contributed by atoms with Crippen LogP contribution in [0.2, 0.25) is 0 Å². The Hall–Kier alpha value is -4.24. The van der Waals surface area contributed by atoms with Crippen LogP contribution in [0.1, 0.15) is 70.4 Å². The van der Waals surface area contributed by atoms with Crippen molar-refractivity contribution in [1.82, 2.24) is 14.8 Å². The van der Waals surface area contributed by atoms with E-state index in [0.29, 0.717) is 35.9 Å². The molecule has 3 heterocycles. The molecule has 1 saturated heterocycles. The number of rotatable bonds is 10. The zero-order valence-electron chi connectivity index (χ0n) is 27.0. The standard InChI is InChI=1S/C36H43FN4O4/c1-24-29(32(34(42)43)45-35(2,3)4)31(40-21-17-36(5,6)18-22-40)30(33(39-24)41-20-7-19-38-41)26-10-14-28(15-11-26)44-23-16-25-8-12-27(37)13-9-25/h7-15,19-20,32H,16-18,21-23H2,1-6H3,(H,42,43)/t32-/m0/s1. The summed E-state index contributed by atoms with van der Waals surface area (Å²) in [5.74, 6) is -0.00428. The maximum absolute atomic E-state index is 13.3. The molecule has 45 heavy (non-hydrogen) atoms. The predicted octanol–water partition coefficient (Wildman–Crippen LogP) is 7.57. The lowest BCUT2D eigenvalue weighted by atomic mass is 9.82. The third kappa shape index (κ3) is 7.71. The zero-order valence-corrected chi connectivity index (χ0v) is 27.0. The van der Waals surface area contributed by atoms with Crippen LogP contribution in [0, 0.1) is 18.2 Å². The topological polar surface area (TPSA) is 89.7 Å². The first-order valence-corrected chi connectivity index (χ1v) is 15.5. The minimum absolute atomic E-state index is 0.185. The molecule has 5 rings (SSSR count). The van der Waals surface area contributed by atoms with Gasteiger partial charge in [0.1, 0.15) is 11.6 Å². The number of carboxylic acid groups (broad SMARTS) is 1. The summed E-state index contributed by atoms with van der Waals surface area (Å²) < 4.78 is 27.3. The van der Waals surface area contributed by atoms with E-state index in [4.69, 9.17) is 14.5 Å². The summed E-state index contributed by atoms with van der Waals surface area (Å²) in [7, 11) is 0. The lowest BCUT2D eigenvalue weighted by molar-refractivity contribution is -0.160. The fourth-order valence-electron chi connectivity index (χ4n) is 5.73. The van der Waals surface area contributed by atoms with Crippen molar-refractivity contribution in [3.63, 3.8) is 0 Å². The van der Waals surface area contributed by atoms with Crippen LogP contribution < -0.4 is 9.64 Å². The normalized spacial score (nSPS) is 15.6. The largest absolute Gasteiger partial charge is 0.493 e. The average Bonchev–Trinajstić information content (AvgIpc) is 3.52. The first kappa shape index (κ1) is 32.2. The molecule has 0 radical (unpaired) electrons. The number of carboxylic acids is 1. The number of ether oxygens (including phenoxy) is 2. The molecule has 1 N–H and O–H groups in total. The second-order valence-corrected chi connectivity index (χ2v) is 13.5. The van der Waals surface area contributed by atoms with Gasteiger partial charge in [-0.3, -0.25) is 0 Å². The Labute approximate surface area is 264 Å². The third-order valence-electron chi connectivity index (χ3n) is 8.21. The van der Waals surface area contributed by atoms with E-state index in [2.05, 4.69) is 23.8 Å². The van der Waals surface area contributed by atoms with E-state index in [1.807, 2.05) is 64.2 Å². The number of halogens is 1. The SMILES string of the molecule is Cc1nc(-n2cccn2)c(-c2ccc(OCCc3ccc(F)cc3)cc2)c(N2CCC(C)(C)CC2)c1[C@H](OC(C)(C)C)C(=O)O. The monoisotopic (exact) mass is 614 g/mol. The van der Waals surface area contributed by atoms with Crippen LogP contribution in [0.4, 0.5) is 10.1 Å². The summed E-state index contributed by atoms with van der Waals surface area (Å²) in [6.07, 6.45) is 4.91. The number of carbonyl (C=O) groups is 1. The molecule has 1 fully saturated rings. The van der Waals surface area contributed by atoms with Gasteiger partial charge in [-0.05, 0) is 87.4 Å². The molecule has 0 spiro atoms. The van der Waals surface area contributed by atoms with Crippen molar-refractivity contribution in [3.05, 3.63) is 89.6 Å². The van der Waals surface area contributed by atoms with Crippen LogP contribution in [-0.4, -0.2) is 51.1 Å². The number of aromatic nitrogens is 3. The van der Waals surface area contributed by atoms with Crippen LogP contribution in [-0.2, 0) is 16.0 Å². The zero-order chi connectivity index (χ0) is 32.4. The van der Waals surface area contributed by atoms with E-state index in [1.165, 1.54) is 12.1 Å². The van der Waals surface area contributed by atoms with Gasteiger partial charge in [-0.2, -0.15) is 5.10 Å². The smallest absolute Gasteiger partial charge is 0.337 e. The molecule has 1 aliphatic heterocycles. The molecule has 0 aliphatic carbocycles. The fraction of sp³-hybridized carbons (Fsp3) is 0.417. The number of hydrogen-bond acceptors (Lipinski definition) is 6. The van der Waals surface area contributed by atoms with Gasteiger partial charge >= 0.3 is 5.97 Å². The van der Waals surface area contributed by atoms with E-state index >= 15 is 0 Å². The third-order valence-corrected chi connectivity index (χ3v) is 8.21. The van der Waals surface area contributed by atoms with Gasteiger partial charge < -0.3 is 19.5 Å². The number of benzene rings is 2. The van der Waals surface area contributed by atoms with Crippen molar-refractivity contribution < 1.29 is 23.8 Å². The Morgan fingerprint density at radius 3 is 2.31 bits per heavy atom. The van der Waals surface area contributed by atoms with E-state index < -0.39 is 17.7 Å². The maximum atomic E-state index is 13.3. The van der Waals surface area contributed by atoms with Crippen LogP contribution in [0.3, 0.4) is 0 Å². The first-order valence-electron chi connectivity index (χ1n) is 15.5. The highest BCUT2D eigenvalue weighted by molar-refractivity contribution is 5.90. The summed E-state index contributed by atoms with van der Waals surface area (Å²) in [5.41, 5.74) is 4.08. The van der Waals surface area contributed by atoms with E-state index in [1.54, 1.807) is 23.0 Å². The molecule has 2 aromatic heterocycles. The van der Waals surface area contributed by atoms with Crippen molar-refractivity contribution >= 4 is 11.7 Å². The molecule has 1 atom stereocenters. The molecular formula is C36H43FN4O4. The Bertz CT molecular complexity index is 1600. The number of aliphatic carboxylic acids is 1. The molecule has 238 valence electrons.